The highest BCUT2D eigenvalue weighted by molar-refractivity contribution is 5.58. The Balaban J connectivity index is 1.79. The molecule has 3 aliphatic rings. The number of nitrogens with one attached hydrogen (secondary N) is 1. The van der Waals surface area contributed by atoms with Gasteiger partial charge in [0.25, 0.3) is 0 Å². The van der Waals surface area contributed by atoms with E-state index in [0.717, 1.165) is 12.2 Å². The highest BCUT2D eigenvalue weighted by Crippen LogP contribution is 2.30. The second-order valence-corrected chi connectivity index (χ2v) is 5.19. The minimum absolute atomic E-state index is 0.356. The van der Waals surface area contributed by atoms with Crippen LogP contribution in [0.1, 0.15) is 18.4 Å². The van der Waals surface area contributed by atoms with Gasteiger partial charge in [-0.3, -0.25) is 0 Å². The zero-order chi connectivity index (χ0) is 12.5. The van der Waals surface area contributed by atoms with Gasteiger partial charge in [-0.2, -0.15) is 5.26 Å². The summed E-state index contributed by atoms with van der Waals surface area (Å²) in [6, 6.07) is 6.82. The third kappa shape index (κ3) is 2.06. The van der Waals surface area contributed by atoms with Crippen molar-refractivity contribution in [1.82, 2.24) is 4.90 Å². The lowest BCUT2D eigenvalue weighted by Gasteiger charge is -2.45. The number of fused-ring (bicyclic) bond motifs is 3. The van der Waals surface area contributed by atoms with E-state index < -0.39 is 0 Å². The van der Waals surface area contributed by atoms with E-state index in [0.29, 0.717) is 17.5 Å². The zero-order valence-corrected chi connectivity index (χ0v) is 10.2. The van der Waals surface area contributed by atoms with Gasteiger partial charge < -0.3 is 10.2 Å². The van der Waals surface area contributed by atoms with Crippen molar-refractivity contribution in [2.75, 3.05) is 25.0 Å². The van der Waals surface area contributed by atoms with E-state index in [9.17, 15) is 4.39 Å². The van der Waals surface area contributed by atoms with Crippen LogP contribution in [0.2, 0.25) is 0 Å². The number of halogens is 1. The lowest BCUT2D eigenvalue weighted by molar-refractivity contribution is 0.0975. The van der Waals surface area contributed by atoms with Gasteiger partial charge in [-0.05, 0) is 50.0 Å². The van der Waals surface area contributed by atoms with Gasteiger partial charge >= 0.3 is 0 Å². The molecule has 1 aromatic rings. The summed E-state index contributed by atoms with van der Waals surface area (Å²) < 4.78 is 13.1. The van der Waals surface area contributed by atoms with Crippen molar-refractivity contribution in [2.45, 2.75) is 18.9 Å². The van der Waals surface area contributed by atoms with Gasteiger partial charge in [0.1, 0.15) is 11.9 Å². The average Bonchev–Trinajstić information content (AvgIpc) is 2.42. The molecule has 4 rings (SSSR count). The fourth-order valence-electron chi connectivity index (χ4n) is 3.06. The third-order valence-electron chi connectivity index (χ3n) is 4.10. The van der Waals surface area contributed by atoms with Gasteiger partial charge in [0, 0.05) is 12.6 Å². The molecule has 1 aromatic carbocycles. The minimum atomic E-state index is -0.356. The van der Waals surface area contributed by atoms with Crippen LogP contribution in [-0.2, 0) is 0 Å². The normalized spacial score (nSPS) is 29.9. The Bertz CT molecular complexity index is 486. The average molecular weight is 245 g/mol. The molecule has 3 aliphatic heterocycles. The van der Waals surface area contributed by atoms with Crippen LogP contribution in [0.15, 0.2) is 18.2 Å². The summed E-state index contributed by atoms with van der Waals surface area (Å²) in [6.45, 7) is 3.42. The summed E-state index contributed by atoms with van der Waals surface area (Å²) in [7, 11) is 0. The molecule has 94 valence electrons. The van der Waals surface area contributed by atoms with Crippen LogP contribution in [0.25, 0.3) is 0 Å². The van der Waals surface area contributed by atoms with Gasteiger partial charge in [-0.1, -0.05) is 0 Å². The molecule has 1 atom stereocenters. The van der Waals surface area contributed by atoms with E-state index in [1.165, 1.54) is 38.1 Å². The monoisotopic (exact) mass is 245 g/mol. The van der Waals surface area contributed by atoms with Gasteiger partial charge in [-0.25, -0.2) is 4.39 Å². The van der Waals surface area contributed by atoms with Gasteiger partial charge in [0.15, 0.2) is 0 Å². The van der Waals surface area contributed by atoms with Crippen LogP contribution in [0.4, 0.5) is 10.1 Å². The Morgan fingerprint density at radius 3 is 2.72 bits per heavy atom. The molecule has 0 aromatic heterocycles. The number of hydrogen-bond donors (Lipinski definition) is 1. The zero-order valence-electron chi connectivity index (χ0n) is 10.2. The number of anilines is 1. The molecule has 3 nitrogen and oxygen atoms in total. The van der Waals surface area contributed by atoms with E-state index in [1.807, 2.05) is 0 Å². The molecule has 3 fully saturated rings. The van der Waals surface area contributed by atoms with Crippen LogP contribution in [0, 0.1) is 23.1 Å². The lowest BCUT2D eigenvalue weighted by atomic mass is 9.84. The van der Waals surface area contributed by atoms with E-state index in [4.69, 9.17) is 5.26 Å². The highest BCUT2D eigenvalue weighted by Gasteiger charge is 2.34. The van der Waals surface area contributed by atoms with Gasteiger partial charge in [0.05, 0.1) is 11.3 Å². The molecule has 0 aliphatic carbocycles. The van der Waals surface area contributed by atoms with Crippen molar-refractivity contribution >= 4 is 5.69 Å². The molecule has 1 unspecified atom stereocenters. The number of nitriles is 1. The van der Waals surface area contributed by atoms with Crippen LogP contribution < -0.4 is 5.32 Å². The molecular formula is C14H16FN3. The number of nitrogens with zero attached hydrogens (tertiary/aromatic N) is 2. The largest absolute Gasteiger partial charge is 0.380 e. The van der Waals surface area contributed by atoms with Crippen LogP contribution in [0.5, 0.6) is 0 Å². The Labute approximate surface area is 106 Å². The first-order valence-electron chi connectivity index (χ1n) is 6.45. The van der Waals surface area contributed by atoms with Crippen molar-refractivity contribution < 1.29 is 4.39 Å². The Morgan fingerprint density at radius 1 is 1.33 bits per heavy atom. The fraction of sp³-hybridized carbons (Fsp3) is 0.500. The Morgan fingerprint density at radius 2 is 2.11 bits per heavy atom. The molecule has 0 amide bonds. The molecule has 3 saturated heterocycles. The minimum Gasteiger partial charge on any atom is -0.380 e. The van der Waals surface area contributed by atoms with Crippen molar-refractivity contribution in [1.29, 1.82) is 5.26 Å². The maximum absolute atomic E-state index is 13.1. The fourth-order valence-corrected chi connectivity index (χ4v) is 3.06. The smallest absolute Gasteiger partial charge is 0.124 e. The SMILES string of the molecule is N#Cc1cc(F)ccc1NC1CN2CCC1CC2. The highest BCUT2D eigenvalue weighted by atomic mass is 19.1. The maximum Gasteiger partial charge on any atom is 0.124 e. The molecule has 2 bridgehead atoms. The summed E-state index contributed by atoms with van der Waals surface area (Å²) >= 11 is 0. The predicted octanol–water partition coefficient (Wildman–Crippen LogP) is 2.20. The number of piperidine rings is 3. The lowest BCUT2D eigenvalue weighted by Crippen LogP contribution is -2.53. The first-order valence-corrected chi connectivity index (χ1v) is 6.45. The second kappa shape index (κ2) is 4.58. The summed E-state index contributed by atoms with van der Waals surface area (Å²) in [4.78, 5) is 2.45. The second-order valence-electron chi connectivity index (χ2n) is 5.19. The standard InChI is InChI=1S/C14H16FN3/c15-12-1-2-13(11(7-12)8-16)17-14-9-18-5-3-10(14)4-6-18/h1-2,7,10,14,17H,3-6,9H2. The summed E-state index contributed by atoms with van der Waals surface area (Å²) in [5.41, 5.74) is 1.16. The van der Waals surface area contributed by atoms with Crippen LogP contribution >= 0.6 is 0 Å². The summed E-state index contributed by atoms with van der Waals surface area (Å²) in [5, 5.41) is 12.5. The first-order chi connectivity index (χ1) is 8.76. The Hall–Kier alpha value is -1.60. The first kappa shape index (κ1) is 11.5. The number of benzene rings is 1. The Kier molecular flexibility index (Phi) is 2.92. The van der Waals surface area contributed by atoms with E-state index >= 15 is 0 Å². The maximum atomic E-state index is 13.1. The molecule has 18 heavy (non-hydrogen) atoms. The van der Waals surface area contributed by atoms with E-state index in [1.54, 1.807) is 6.07 Å². The molecule has 3 heterocycles. The van der Waals surface area contributed by atoms with Gasteiger partial charge in [-0.15, -0.1) is 0 Å². The van der Waals surface area contributed by atoms with Crippen molar-refractivity contribution in [3.05, 3.63) is 29.6 Å². The molecule has 4 heteroatoms. The number of hydrogen-bond acceptors (Lipinski definition) is 3. The van der Waals surface area contributed by atoms with Crippen molar-refractivity contribution in [3.8, 4) is 6.07 Å². The summed E-state index contributed by atoms with van der Waals surface area (Å²) in [5.74, 6) is 0.331. The third-order valence-corrected chi connectivity index (χ3v) is 4.10. The number of rotatable bonds is 2. The topological polar surface area (TPSA) is 39.1 Å². The van der Waals surface area contributed by atoms with E-state index in [2.05, 4.69) is 16.3 Å². The van der Waals surface area contributed by atoms with Crippen LogP contribution in [0.3, 0.4) is 0 Å². The van der Waals surface area contributed by atoms with Crippen molar-refractivity contribution in [3.63, 3.8) is 0 Å². The molecule has 1 N–H and O–H groups in total. The van der Waals surface area contributed by atoms with Crippen LogP contribution in [-0.4, -0.2) is 30.6 Å². The predicted molar refractivity (Wildman–Crippen MR) is 67.7 cm³/mol. The molecule has 0 saturated carbocycles. The van der Waals surface area contributed by atoms with E-state index in [-0.39, 0.29) is 5.82 Å². The molecule has 0 spiro atoms. The van der Waals surface area contributed by atoms with Gasteiger partial charge in [0.2, 0.25) is 0 Å². The molecular weight excluding hydrogens is 229 g/mol. The molecule has 0 radical (unpaired) electrons. The quantitative estimate of drug-likeness (QED) is 0.868. The van der Waals surface area contributed by atoms with Crippen molar-refractivity contribution in [2.24, 2.45) is 5.92 Å². The summed E-state index contributed by atoms with van der Waals surface area (Å²) in [6.07, 6.45) is 2.45.